The molecule has 28 heavy (non-hydrogen) atoms. The van der Waals surface area contributed by atoms with Crippen molar-refractivity contribution in [3.05, 3.63) is 41.7 Å². The maximum atomic E-state index is 13.9. The molecule has 2 heterocycles. The average molecular weight is 406 g/mol. The van der Waals surface area contributed by atoms with Gasteiger partial charge < -0.3 is 9.15 Å². The minimum atomic E-state index is -4.60. The topological polar surface area (TPSA) is 48.2 Å². The number of aromatic nitrogens is 2. The van der Waals surface area contributed by atoms with Gasteiger partial charge in [-0.05, 0) is 18.2 Å². The highest BCUT2D eigenvalue weighted by molar-refractivity contribution is 5.80. The Labute approximate surface area is 151 Å². The first kappa shape index (κ1) is 18.5. The van der Waals surface area contributed by atoms with Crippen LogP contribution in [0.1, 0.15) is 17.5 Å². The predicted molar refractivity (Wildman–Crippen MR) is 81.2 cm³/mol. The zero-order valence-electron chi connectivity index (χ0n) is 13.7. The molecule has 0 spiro atoms. The highest BCUT2D eigenvalue weighted by atomic mass is 19.4. The first-order chi connectivity index (χ1) is 13.0. The third-order valence-corrected chi connectivity index (χ3v) is 4.17. The number of rotatable bonds is 3. The summed E-state index contributed by atoms with van der Waals surface area (Å²) in [6.07, 6.45) is -4.02. The molecule has 0 aliphatic heterocycles. The normalized spacial score (nSPS) is 17.7. The number of halogens is 7. The van der Waals surface area contributed by atoms with E-state index in [9.17, 15) is 30.7 Å². The largest absolute Gasteiger partial charge is 0.482 e. The van der Waals surface area contributed by atoms with Crippen LogP contribution in [-0.2, 0) is 11.8 Å². The molecule has 0 saturated carbocycles. The summed E-state index contributed by atoms with van der Waals surface area (Å²) in [5, 5.41) is 0. The van der Waals surface area contributed by atoms with Gasteiger partial charge in [0.1, 0.15) is 5.52 Å². The second kappa shape index (κ2) is 5.82. The van der Waals surface area contributed by atoms with Gasteiger partial charge in [-0.2, -0.15) is 13.2 Å². The molecule has 0 amide bonds. The lowest BCUT2D eigenvalue weighted by Crippen LogP contribution is -2.19. The van der Waals surface area contributed by atoms with E-state index < -0.39 is 42.2 Å². The molecule has 1 aliphatic carbocycles. The number of pyridine rings is 1. The van der Waals surface area contributed by atoms with Crippen LogP contribution in [0.15, 0.2) is 35.0 Å². The zero-order valence-corrected chi connectivity index (χ0v) is 13.7. The second-order valence-corrected chi connectivity index (χ2v) is 6.25. The van der Waals surface area contributed by atoms with Crippen LogP contribution in [0, 0.1) is 0 Å². The van der Waals surface area contributed by atoms with Crippen molar-refractivity contribution < 1.29 is 39.9 Å². The number of hydrogen-bond donors (Lipinski definition) is 0. The second-order valence-electron chi connectivity index (χ2n) is 6.25. The summed E-state index contributed by atoms with van der Waals surface area (Å²) in [6, 6.07) is 2.82. The SMILES string of the molecule is FC(F)(F)COc1cnccc1-c1nc2cc3c(cc2o1)C(F)(F)CC3(F)F. The summed E-state index contributed by atoms with van der Waals surface area (Å²) >= 11 is 0. The van der Waals surface area contributed by atoms with Gasteiger partial charge in [-0.3, -0.25) is 4.98 Å². The van der Waals surface area contributed by atoms with Gasteiger partial charge in [0, 0.05) is 17.3 Å². The van der Waals surface area contributed by atoms with Crippen LogP contribution >= 0.6 is 0 Å². The van der Waals surface area contributed by atoms with Crippen molar-refractivity contribution in [3.8, 4) is 17.2 Å². The third kappa shape index (κ3) is 3.14. The fourth-order valence-electron chi connectivity index (χ4n) is 2.99. The maximum Gasteiger partial charge on any atom is 0.422 e. The van der Waals surface area contributed by atoms with Gasteiger partial charge in [0.25, 0.3) is 11.8 Å². The van der Waals surface area contributed by atoms with E-state index in [1.165, 1.54) is 12.3 Å². The molecule has 4 nitrogen and oxygen atoms in total. The summed E-state index contributed by atoms with van der Waals surface area (Å²) in [4.78, 5) is 7.60. The van der Waals surface area contributed by atoms with Crippen LogP contribution in [0.25, 0.3) is 22.6 Å². The van der Waals surface area contributed by atoms with Gasteiger partial charge in [-0.15, -0.1) is 0 Å². The number of ether oxygens (including phenoxy) is 1. The number of alkyl halides is 7. The number of benzene rings is 1. The molecule has 0 atom stereocenters. The van der Waals surface area contributed by atoms with E-state index in [1.54, 1.807) is 0 Å². The Morgan fingerprint density at radius 3 is 2.43 bits per heavy atom. The third-order valence-electron chi connectivity index (χ3n) is 4.17. The molecule has 0 saturated heterocycles. The van der Waals surface area contributed by atoms with Crippen molar-refractivity contribution >= 4 is 11.1 Å². The Morgan fingerprint density at radius 2 is 1.75 bits per heavy atom. The molecule has 1 aromatic carbocycles. The zero-order chi connectivity index (χ0) is 20.3. The summed E-state index contributed by atoms with van der Waals surface area (Å²) in [6.45, 7) is -1.60. The molecule has 0 fully saturated rings. The highest BCUT2D eigenvalue weighted by Gasteiger charge is 2.56. The quantitative estimate of drug-likeness (QED) is 0.545. The van der Waals surface area contributed by atoms with E-state index in [2.05, 4.69) is 14.7 Å². The maximum absolute atomic E-state index is 13.9. The van der Waals surface area contributed by atoms with Crippen LogP contribution in [0.2, 0.25) is 0 Å². The minimum absolute atomic E-state index is 0.0332. The molecule has 3 aromatic rings. The molecule has 148 valence electrons. The van der Waals surface area contributed by atoms with E-state index in [1.807, 2.05) is 0 Å². The van der Waals surface area contributed by atoms with Crippen LogP contribution < -0.4 is 4.74 Å². The Morgan fingerprint density at radius 1 is 1.07 bits per heavy atom. The van der Waals surface area contributed by atoms with E-state index >= 15 is 0 Å². The summed E-state index contributed by atoms with van der Waals surface area (Å²) in [5.41, 5.74) is -2.09. The van der Waals surface area contributed by atoms with Crippen LogP contribution in [0.3, 0.4) is 0 Å². The Balaban J connectivity index is 1.79. The van der Waals surface area contributed by atoms with Crippen molar-refractivity contribution in [2.45, 2.75) is 24.4 Å². The Hall–Kier alpha value is -2.85. The summed E-state index contributed by atoms with van der Waals surface area (Å²) < 4.78 is 103. The van der Waals surface area contributed by atoms with Crippen LogP contribution in [-0.4, -0.2) is 22.8 Å². The lowest BCUT2D eigenvalue weighted by Gasteiger charge is -2.10. The number of hydrogen-bond acceptors (Lipinski definition) is 4. The van der Waals surface area contributed by atoms with Crippen molar-refractivity contribution in [2.24, 2.45) is 0 Å². The first-order valence-corrected chi connectivity index (χ1v) is 7.81. The molecule has 2 aromatic heterocycles. The molecular formula is C17H9F7N2O2. The molecule has 0 bridgehead atoms. The summed E-state index contributed by atoms with van der Waals surface area (Å²) in [7, 11) is 0. The van der Waals surface area contributed by atoms with Gasteiger partial charge in [-0.1, -0.05) is 0 Å². The van der Waals surface area contributed by atoms with E-state index in [0.717, 1.165) is 18.3 Å². The number of oxazole rings is 1. The predicted octanol–water partition coefficient (Wildman–Crippen LogP) is 5.42. The number of fused-ring (bicyclic) bond motifs is 2. The van der Waals surface area contributed by atoms with Gasteiger partial charge in [0.15, 0.2) is 17.9 Å². The van der Waals surface area contributed by atoms with Gasteiger partial charge in [-0.25, -0.2) is 22.5 Å². The molecule has 11 heteroatoms. The van der Waals surface area contributed by atoms with Crippen LogP contribution in [0.4, 0.5) is 30.7 Å². The smallest absolute Gasteiger partial charge is 0.422 e. The minimum Gasteiger partial charge on any atom is -0.482 e. The molecule has 0 radical (unpaired) electrons. The fraction of sp³-hybridized carbons (Fsp3) is 0.294. The highest BCUT2D eigenvalue weighted by Crippen LogP contribution is 2.54. The Kier molecular flexibility index (Phi) is 3.85. The number of nitrogens with zero attached hydrogens (tertiary/aromatic N) is 2. The molecule has 1 aliphatic rings. The molecule has 0 N–H and O–H groups in total. The molecule has 0 unspecified atom stereocenters. The Bertz CT molecular complexity index is 1010. The van der Waals surface area contributed by atoms with Gasteiger partial charge >= 0.3 is 6.18 Å². The molecule has 4 rings (SSSR count). The fourth-order valence-corrected chi connectivity index (χ4v) is 2.99. The summed E-state index contributed by atoms with van der Waals surface area (Å²) in [5.74, 6) is -8.05. The van der Waals surface area contributed by atoms with Crippen LogP contribution in [0.5, 0.6) is 5.75 Å². The van der Waals surface area contributed by atoms with Crippen molar-refractivity contribution in [1.82, 2.24) is 9.97 Å². The first-order valence-electron chi connectivity index (χ1n) is 7.81. The lowest BCUT2D eigenvalue weighted by atomic mass is 10.1. The van der Waals surface area contributed by atoms with Crippen molar-refractivity contribution in [1.29, 1.82) is 0 Å². The van der Waals surface area contributed by atoms with E-state index in [4.69, 9.17) is 4.42 Å². The lowest BCUT2D eigenvalue weighted by molar-refractivity contribution is -0.153. The van der Waals surface area contributed by atoms with Gasteiger partial charge in [0.2, 0.25) is 5.89 Å². The standard InChI is InChI=1S/C17H9F7N2O2/c18-15(19)6-16(20,21)10-4-12-11(3-9(10)15)26-14(28-12)8-1-2-25-5-13(8)27-7-17(22,23)24/h1-5H,6-7H2. The monoisotopic (exact) mass is 406 g/mol. The van der Waals surface area contributed by atoms with E-state index in [-0.39, 0.29) is 28.3 Å². The van der Waals surface area contributed by atoms with Gasteiger partial charge in [0.05, 0.1) is 18.2 Å². The van der Waals surface area contributed by atoms with E-state index in [0.29, 0.717) is 0 Å². The average Bonchev–Trinajstić information content (AvgIpc) is 3.07. The van der Waals surface area contributed by atoms with Crippen molar-refractivity contribution in [3.63, 3.8) is 0 Å². The molecular weight excluding hydrogens is 397 g/mol. The van der Waals surface area contributed by atoms with Crippen molar-refractivity contribution in [2.75, 3.05) is 6.61 Å².